The third-order valence-electron chi connectivity index (χ3n) is 2.44. The number of nitrogens with one attached hydrogen (secondary N) is 2. The topological polar surface area (TPSA) is 70.6 Å². The van der Waals surface area contributed by atoms with Gasteiger partial charge in [0, 0.05) is 24.9 Å². The fraction of sp³-hybridized carbons (Fsp3) is 0.500. The van der Waals surface area contributed by atoms with Gasteiger partial charge in [-0.05, 0) is 18.1 Å². The standard InChI is InChI=1S/C14H20F2N2O3/c1-9(2)7-21-8-11(19)6-17-14(20)18-10-3-4-12(15)13(16)5-10/h3-5,9,11,19H,6-8H2,1-2H3,(H2,17,18,20). The largest absolute Gasteiger partial charge is 0.389 e. The summed E-state index contributed by atoms with van der Waals surface area (Å²) < 4.78 is 30.9. The van der Waals surface area contributed by atoms with Gasteiger partial charge in [-0.25, -0.2) is 13.6 Å². The third kappa shape index (κ3) is 7.01. The summed E-state index contributed by atoms with van der Waals surface area (Å²) in [6.45, 7) is 4.61. The Balaban J connectivity index is 2.28. The number of anilines is 1. The molecule has 5 nitrogen and oxygen atoms in total. The predicted molar refractivity (Wildman–Crippen MR) is 75.0 cm³/mol. The molecule has 0 fully saturated rings. The maximum absolute atomic E-state index is 12.9. The number of rotatable bonds is 7. The van der Waals surface area contributed by atoms with Crippen LogP contribution < -0.4 is 10.6 Å². The molecule has 118 valence electrons. The summed E-state index contributed by atoms with van der Waals surface area (Å²) in [5, 5.41) is 14.3. The maximum atomic E-state index is 12.9. The van der Waals surface area contributed by atoms with Crippen molar-refractivity contribution in [3.63, 3.8) is 0 Å². The summed E-state index contributed by atoms with van der Waals surface area (Å²) in [7, 11) is 0. The van der Waals surface area contributed by atoms with Gasteiger partial charge in [0.25, 0.3) is 0 Å². The molecular formula is C14H20F2N2O3. The number of hydrogen-bond donors (Lipinski definition) is 3. The van der Waals surface area contributed by atoms with E-state index in [0.717, 1.165) is 12.1 Å². The lowest BCUT2D eigenvalue weighted by Crippen LogP contribution is -2.37. The van der Waals surface area contributed by atoms with Gasteiger partial charge in [0.1, 0.15) is 0 Å². The van der Waals surface area contributed by atoms with Crippen molar-refractivity contribution in [1.82, 2.24) is 5.32 Å². The van der Waals surface area contributed by atoms with E-state index >= 15 is 0 Å². The van der Waals surface area contributed by atoms with Gasteiger partial charge in [0.15, 0.2) is 11.6 Å². The normalized spacial score (nSPS) is 12.3. The van der Waals surface area contributed by atoms with Crippen molar-refractivity contribution in [2.24, 2.45) is 5.92 Å². The minimum atomic E-state index is -1.05. The fourth-order valence-corrected chi connectivity index (χ4v) is 1.46. The lowest BCUT2D eigenvalue weighted by atomic mass is 10.2. The molecule has 0 radical (unpaired) electrons. The molecule has 1 aromatic carbocycles. The Bertz CT molecular complexity index is 470. The lowest BCUT2D eigenvalue weighted by molar-refractivity contribution is 0.0274. The summed E-state index contributed by atoms with van der Waals surface area (Å²) >= 11 is 0. The van der Waals surface area contributed by atoms with Crippen LogP contribution in [0.2, 0.25) is 0 Å². The Kier molecular flexibility index (Phi) is 7.04. The molecule has 1 atom stereocenters. The number of carbonyl (C=O) groups is 1. The highest BCUT2D eigenvalue weighted by molar-refractivity contribution is 5.89. The SMILES string of the molecule is CC(C)COCC(O)CNC(=O)Nc1ccc(F)c(F)c1. The zero-order valence-electron chi connectivity index (χ0n) is 12.0. The van der Waals surface area contributed by atoms with E-state index < -0.39 is 23.8 Å². The first-order valence-corrected chi connectivity index (χ1v) is 6.64. The predicted octanol–water partition coefficient (Wildman–Crippen LogP) is 2.12. The van der Waals surface area contributed by atoms with Gasteiger partial charge in [-0.1, -0.05) is 13.8 Å². The van der Waals surface area contributed by atoms with Crippen molar-refractivity contribution in [1.29, 1.82) is 0 Å². The number of urea groups is 1. The van der Waals surface area contributed by atoms with Crippen LogP contribution in [-0.4, -0.2) is 37.0 Å². The number of benzene rings is 1. The lowest BCUT2D eigenvalue weighted by Gasteiger charge is -2.14. The first-order chi connectivity index (χ1) is 9.88. The van der Waals surface area contributed by atoms with E-state index in [0.29, 0.717) is 12.5 Å². The molecule has 0 aliphatic rings. The van der Waals surface area contributed by atoms with E-state index in [9.17, 15) is 18.7 Å². The number of amides is 2. The maximum Gasteiger partial charge on any atom is 0.319 e. The summed E-state index contributed by atoms with van der Waals surface area (Å²) in [5.74, 6) is -1.67. The minimum Gasteiger partial charge on any atom is -0.389 e. The van der Waals surface area contributed by atoms with Crippen molar-refractivity contribution >= 4 is 11.7 Å². The second-order valence-electron chi connectivity index (χ2n) is 5.05. The van der Waals surface area contributed by atoms with Crippen LogP contribution in [0.3, 0.4) is 0 Å². The Morgan fingerprint density at radius 2 is 2.00 bits per heavy atom. The van der Waals surface area contributed by atoms with Crippen molar-refractivity contribution in [2.45, 2.75) is 20.0 Å². The van der Waals surface area contributed by atoms with E-state index in [-0.39, 0.29) is 18.8 Å². The molecule has 21 heavy (non-hydrogen) atoms. The van der Waals surface area contributed by atoms with Crippen LogP contribution in [0.5, 0.6) is 0 Å². The Labute approximate surface area is 122 Å². The van der Waals surface area contributed by atoms with Gasteiger partial charge in [0.05, 0.1) is 12.7 Å². The molecular weight excluding hydrogens is 282 g/mol. The Morgan fingerprint density at radius 3 is 2.62 bits per heavy atom. The van der Waals surface area contributed by atoms with Gasteiger partial charge in [-0.3, -0.25) is 0 Å². The van der Waals surface area contributed by atoms with Crippen molar-refractivity contribution < 1.29 is 23.4 Å². The fourth-order valence-electron chi connectivity index (χ4n) is 1.46. The van der Waals surface area contributed by atoms with Crippen LogP contribution in [0.15, 0.2) is 18.2 Å². The molecule has 1 unspecified atom stereocenters. The zero-order chi connectivity index (χ0) is 15.8. The van der Waals surface area contributed by atoms with E-state index in [4.69, 9.17) is 4.74 Å². The molecule has 0 saturated carbocycles. The molecule has 0 saturated heterocycles. The van der Waals surface area contributed by atoms with Crippen molar-refractivity contribution in [3.8, 4) is 0 Å². The van der Waals surface area contributed by atoms with Gasteiger partial charge >= 0.3 is 6.03 Å². The molecule has 0 aromatic heterocycles. The monoisotopic (exact) mass is 302 g/mol. The highest BCUT2D eigenvalue weighted by Crippen LogP contribution is 2.12. The van der Waals surface area contributed by atoms with Crippen LogP contribution in [-0.2, 0) is 4.74 Å². The molecule has 2 amide bonds. The second kappa shape index (κ2) is 8.53. The highest BCUT2D eigenvalue weighted by atomic mass is 19.2. The number of aliphatic hydroxyl groups is 1. The van der Waals surface area contributed by atoms with E-state index in [2.05, 4.69) is 10.6 Å². The van der Waals surface area contributed by atoms with E-state index in [1.165, 1.54) is 6.07 Å². The third-order valence-corrected chi connectivity index (χ3v) is 2.44. The van der Waals surface area contributed by atoms with Crippen molar-refractivity contribution in [2.75, 3.05) is 25.1 Å². The van der Waals surface area contributed by atoms with Gasteiger partial charge in [-0.2, -0.15) is 0 Å². The molecule has 1 aromatic rings. The van der Waals surface area contributed by atoms with Crippen LogP contribution in [0.25, 0.3) is 0 Å². The van der Waals surface area contributed by atoms with Gasteiger partial charge in [-0.15, -0.1) is 0 Å². The van der Waals surface area contributed by atoms with E-state index in [1.54, 1.807) is 0 Å². The highest BCUT2D eigenvalue weighted by Gasteiger charge is 2.09. The average molecular weight is 302 g/mol. The van der Waals surface area contributed by atoms with E-state index in [1.807, 2.05) is 13.8 Å². The molecule has 0 aliphatic heterocycles. The van der Waals surface area contributed by atoms with Gasteiger partial charge in [0.2, 0.25) is 0 Å². The van der Waals surface area contributed by atoms with Crippen LogP contribution in [0.1, 0.15) is 13.8 Å². The number of halogens is 2. The second-order valence-corrected chi connectivity index (χ2v) is 5.05. The Hall–Kier alpha value is -1.73. The molecule has 0 heterocycles. The summed E-state index contributed by atoms with van der Waals surface area (Å²) in [6.07, 6.45) is -0.834. The minimum absolute atomic E-state index is 0.00634. The average Bonchev–Trinajstić information content (AvgIpc) is 2.40. The first kappa shape index (κ1) is 17.3. The molecule has 1 rings (SSSR count). The zero-order valence-corrected chi connectivity index (χ0v) is 12.0. The van der Waals surface area contributed by atoms with Crippen LogP contribution in [0.4, 0.5) is 19.3 Å². The molecule has 0 aliphatic carbocycles. The molecule has 0 bridgehead atoms. The quantitative estimate of drug-likeness (QED) is 0.722. The number of ether oxygens (including phenoxy) is 1. The number of carbonyl (C=O) groups excluding carboxylic acids is 1. The molecule has 7 heteroatoms. The summed E-state index contributed by atoms with van der Waals surface area (Å²) in [4.78, 5) is 11.5. The van der Waals surface area contributed by atoms with Crippen LogP contribution in [0, 0.1) is 17.6 Å². The molecule has 3 N–H and O–H groups in total. The first-order valence-electron chi connectivity index (χ1n) is 6.64. The Morgan fingerprint density at radius 1 is 1.29 bits per heavy atom. The van der Waals surface area contributed by atoms with Crippen molar-refractivity contribution in [3.05, 3.63) is 29.8 Å². The summed E-state index contributed by atoms with van der Waals surface area (Å²) in [6, 6.07) is 2.40. The number of aliphatic hydroxyl groups excluding tert-OH is 1. The smallest absolute Gasteiger partial charge is 0.319 e. The van der Waals surface area contributed by atoms with Gasteiger partial charge < -0.3 is 20.5 Å². The number of hydrogen-bond acceptors (Lipinski definition) is 3. The molecule has 0 spiro atoms. The summed E-state index contributed by atoms with van der Waals surface area (Å²) in [5.41, 5.74) is 0.122. The van der Waals surface area contributed by atoms with Crippen LogP contribution >= 0.6 is 0 Å².